The van der Waals surface area contributed by atoms with Crippen molar-refractivity contribution in [1.82, 2.24) is 5.32 Å². The van der Waals surface area contributed by atoms with Gasteiger partial charge in [-0.25, -0.2) is 0 Å². The van der Waals surface area contributed by atoms with Crippen molar-refractivity contribution in [1.29, 1.82) is 0 Å². The fraction of sp³-hybridized carbons (Fsp3) is 0.259. The second-order valence-corrected chi connectivity index (χ2v) is 12.5. The largest absolute Gasteiger partial charge is 0.343 e. The van der Waals surface area contributed by atoms with Crippen LogP contribution in [0, 0.1) is 0 Å². The molecule has 0 spiro atoms. The van der Waals surface area contributed by atoms with Gasteiger partial charge in [0.1, 0.15) is 0 Å². The Balaban J connectivity index is 2.35. The molecule has 0 fully saturated rings. The highest BCUT2D eigenvalue weighted by atomic mass is 32.1. The quantitative estimate of drug-likeness (QED) is 0.407. The molecule has 0 aliphatic heterocycles. The zero-order valence-corrected chi connectivity index (χ0v) is 21.0. The van der Waals surface area contributed by atoms with Crippen LogP contribution < -0.4 is 21.2 Å². The fourth-order valence-electron chi connectivity index (χ4n) is 3.54. The van der Waals surface area contributed by atoms with Gasteiger partial charge in [0.25, 0.3) is 5.91 Å². The summed E-state index contributed by atoms with van der Waals surface area (Å²) in [6, 6.07) is 24.5. The lowest BCUT2D eigenvalue weighted by atomic mass is 9.86. The molecule has 0 aliphatic carbocycles. The minimum absolute atomic E-state index is 0.171. The van der Waals surface area contributed by atoms with E-state index < -0.39 is 12.7 Å². The number of carbonyl (C=O) groups excluding carboxylic acids is 1. The van der Waals surface area contributed by atoms with Crippen molar-refractivity contribution < 1.29 is 9.36 Å². The predicted molar refractivity (Wildman–Crippen MR) is 140 cm³/mol. The Hall–Kier alpha value is -2.55. The Morgan fingerprint density at radius 3 is 1.78 bits per heavy atom. The molecule has 1 N–H and O–H groups in total. The predicted octanol–water partition coefficient (Wildman–Crippen LogP) is 5.13. The van der Waals surface area contributed by atoms with Gasteiger partial charge in [-0.2, -0.15) is 0 Å². The van der Waals surface area contributed by atoms with Crippen molar-refractivity contribution in [3.8, 4) is 0 Å². The molecule has 0 heterocycles. The van der Waals surface area contributed by atoms with Crippen molar-refractivity contribution in [2.75, 3.05) is 0 Å². The standard InChI is InChI=1S/C27H30NO2PS/c1-26(2,3)20-16-17-23(25(29)28-27(4,5)19-32)24(18-20)31(30,21-12-8-6-9-13-21)22-14-10-7-11-15-22/h6-19H,1-5H3,(H,28,29). The Labute approximate surface area is 196 Å². The normalized spacial score (nSPS) is 12.3. The van der Waals surface area contributed by atoms with E-state index in [2.05, 4.69) is 26.1 Å². The van der Waals surface area contributed by atoms with Crippen LogP contribution in [0.1, 0.15) is 50.5 Å². The van der Waals surface area contributed by atoms with Crippen LogP contribution in [0.4, 0.5) is 0 Å². The minimum atomic E-state index is -3.34. The third-order valence-corrected chi connectivity index (χ3v) is 9.11. The van der Waals surface area contributed by atoms with Gasteiger partial charge in [0.15, 0.2) is 7.14 Å². The molecule has 1 amide bonds. The smallest absolute Gasteiger partial charge is 0.252 e. The molecule has 0 saturated carbocycles. The van der Waals surface area contributed by atoms with Crippen molar-refractivity contribution in [3.05, 3.63) is 90.0 Å². The zero-order chi connectivity index (χ0) is 23.6. The number of nitrogens with one attached hydrogen (secondary N) is 1. The van der Waals surface area contributed by atoms with E-state index in [0.717, 1.165) is 5.56 Å². The summed E-state index contributed by atoms with van der Waals surface area (Å²) in [6.45, 7) is 10.0. The summed E-state index contributed by atoms with van der Waals surface area (Å²) >= 11 is 5.09. The van der Waals surface area contributed by atoms with Crippen LogP contribution in [-0.4, -0.2) is 16.8 Å². The number of hydrogen-bond donors (Lipinski definition) is 1. The molecule has 0 atom stereocenters. The first-order valence-electron chi connectivity index (χ1n) is 10.6. The molecule has 0 saturated heterocycles. The van der Waals surface area contributed by atoms with E-state index in [0.29, 0.717) is 21.5 Å². The van der Waals surface area contributed by atoms with Gasteiger partial charge in [-0.15, -0.1) is 0 Å². The summed E-state index contributed by atoms with van der Waals surface area (Å²) in [5.74, 6) is -0.293. The maximum atomic E-state index is 15.0. The molecule has 3 aromatic carbocycles. The van der Waals surface area contributed by atoms with Crippen LogP contribution in [0.2, 0.25) is 0 Å². The molecule has 166 valence electrons. The van der Waals surface area contributed by atoms with E-state index in [9.17, 15) is 4.79 Å². The molecule has 5 heteroatoms. The molecule has 0 aliphatic rings. The molecular formula is C27H30NO2PS. The lowest BCUT2D eigenvalue weighted by molar-refractivity contribution is 0.0934. The monoisotopic (exact) mass is 463 g/mol. The van der Waals surface area contributed by atoms with E-state index in [1.807, 2.05) is 86.6 Å². The number of thiocarbonyl (C=S) groups is 1. The first kappa shape index (κ1) is 24.1. The summed E-state index contributed by atoms with van der Waals surface area (Å²) < 4.78 is 15.0. The van der Waals surface area contributed by atoms with Crippen LogP contribution in [-0.2, 0) is 9.98 Å². The average molecular weight is 464 g/mol. The molecule has 32 heavy (non-hydrogen) atoms. The number of rotatable bonds is 6. The summed E-state index contributed by atoms with van der Waals surface area (Å²) in [7, 11) is -3.34. The number of benzene rings is 3. The van der Waals surface area contributed by atoms with E-state index in [1.54, 1.807) is 6.07 Å². The highest BCUT2D eigenvalue weighted by Crippen LogP contribution is 2.44. The highest BCUT2D eigenvalue weighted by molar-refractivity contribution is 7.85. The van der Waals surface area contributed by atoms with Crippen molar-refractivity contribution in [2.24, 2.45) is 0 Å². The molecule has 0 unspecified atom stereocenters. The molecular weight excluding hydrogens is 433 g/mol. The SMILES string of the molecule is CC(C)(C=S)NC(=O)c1ccc(C(C)(C)C)cc1P(=O)(c1ccccc1)c1ccccc1. The fourth-order valence-corrected chi connectivity index (χ4v) is 6.48. The topological polar surface area (TPSA) is 46.2 Å². The summed E-state index contributed by atoms with van der Waals surface area (Å²) in [5, 5.41) is 6.44. The van der Waals surface area contributed by atoms with Gasteiger partial charge < -0.3 is 9.88 Å². The number of hydrogen-bond acceptors (Lipinski definition) is 3. The van der Waals surface area contributed by atoms with Crippen molar-refractivity contribution in [2.45, 2.75) is 45.6 Å². The van der Waals surface area contributed by atoms with Crippen LogP contribution in [0.3, 0.4) is 0 Å². The van der Waals surface area contributed by atoms with Gasteiger partial charge in [-0.05, 0) is 37.0 Å². The Morgan fingerprint density at radius 1 is 0.844 bits per heavy atom. The van der Waals surface area contributed by atoms with Crippen LogP contribution in [0.15, 0.2) is 78.9 Å². The van der Waals surface area contributed by atoms with E-state index in [1.165, 1.54) is 5.37 Å². The van der Waals surface area contributed by atoms with Crippen LogP contribution in [0.5, 0.6) is 0 Å². The average Bonchev–Trinajstić information content (AvgIpc) is 2.78. The lowest BCUT2D eigenvalue weighted by Gasteiger charge is -2.28. The third-order valence-electron chi connectivity index (χ3n) is 5.42. The molecule has 3 aromatic rings. The van der Waals surface area contributed by atoms with Crippen molar-refractivity contribution >= 4 is 46.5 Å². The Bertz CT molecular complexity index is 1120. The summed E-state index contributed by atoms with van der Waals surface area (Å²) in [5.41, 5.74) is 0.579. The van der Waals surface area contributed by atoms with Gasteiger partial charge in [0.2, 0.25) is 0 Å². The van der Waals surface area contributed by atoms with E-state index >= 15 is 4.57 Å². The van der Waals surface area contributed by atoms with Gasteiger partial charge >= 0.3 is 0 Å². The van der Waals surface area contributed by atoms with Gasteiger partial charge in [-0.1, -0.05) is 99.7 Å². The summed E-state index contributed by atoms with van der Waals surface area (Å²) in [4.78, 5) is 13.4. The lowest BCUT2D eigenvalue weighted by Crippen LogP contribution is -2.46. The number of amides is 1. The minimum Gasteiger partial charge on any atom is -0.343 e. The third kappa shape index (κ3) is 4.92. The van der Waals surface area contributed by atoms with Crippen LogP contribution in [0.25, 0.3) is 0 Å². The zero-order valence-electron chi connectivity index (χ0n) is 19.3. The van der Waals surface area contributed by atoms with Gasteiger partial charge in [0, 0.05) is 21.3 Å². The molecule has 0 bridgehead atoms. The Kier molecular flexibility index (Phi) is 6.88. The van der Waals surface area contributed by atoms with E-state index in [-0.39, 0.29) is 11.3 Å². The van der Waals surface area contributed by atoms with Gasteiger partial charge in [0.05, 0.1) is 11.1 Å². The molecule has 0 aromatic heterocycles. The van der Waals surface area contributed by atoms with Gasteiger partial charge in [-0.3, -0.25) is 4.79 Å². The molecule has 3 nitrogen and oxygen atoms in total. The first-order chi connectivity index (χ1) is 15.0. The highest BCUT2D eigenvalue weighted by Gasteiger charge is 2.35. The maximum Gasteiger partial charge on any atom is 0.252 e. The van der Waals surface area contributed by atoms with Crippen LogP contribution >= 0.6 is 19.4 Å². The summed E-state index contributed by atoms with van der Waals surface area (Å²) in [6.07, 6.45) is 0. The maximum absolute atomic E-state index is 15.0. The van der Waals surface area contributed by atoms with Crippen molar-refractivity contribution in [3.63, 3.8) is 0 Å². The second kappa shape index (κ2) is 9.13. The van der Waals surface area contributed by atoms with E-state index in [4.69, 9.17) is 12.2 Å². The second-order valence-electron chi connectivity index (χ2n) is 9.56. The first-order valence-corrected chi connectivity index (χ1v) is 12.8. The molecule has 0 radical (unpaired) electrons. The number of carbonyl (C=O) groups is 1. The Morgan fingerprint density at radius 2 is 1.34 bits per heavy atom. The molecule has 3 rings (SSSR count).